The number of halogens is 2. The van der Waals surface area contributed by atoms with Gasteiger partial charge in [0.05, 0.1) is 17.0 Å². The monoisotopic (exact) mass is 639 g/mol. The Morgan fingerprint density at radius 2 is 1.66 bits per heavy atom. The van der Waals surface area contributed by atoms with Crippen molar-refractivity contribution in [1.82, 2.24) is 8.87 Å². The van der Waals surface area contributed by atoms with Crippen LogP contribution in [0.3, 0.4) is 0 Å². The van der Waals surface area contributed by atoms with Crippen LogP contribution in [-0.4, -0.2) is 31.4 Å². The summed E-state index contributed by atoms with van der Waals surface area (Å²) in [6.07, 6.45) is 0. The van der Waals surface area contributed by atoms with Crippen LogP contribution in [0.1, 0.15) is 16.0 Å². The highest BCUT2D eigenvalue weighted by atomic mass is 35.5. The molecule has 6 aromatic rings. The molecule has 0 amide bonds. The van der Waals surface area contributed by atoms with Gasteiger partial charge in [0.2, 0.25) is 10.0 Å². The number of fused-ring (bicyclic) bond motifs is 1. The number of hydrogen-bond donors (Lipinski definition) is 0. The topological polar surface area (TPSA) is 66.1 Å². The molecule has 0 saturated carbocycles. The third-order valence-corrected chi connectivity index (χ3v) is 10.1. The maximum atomic E-state index is 14.8. The first-order chi connectivity index (χ1) is 21.2. The minimum absolute atomic E-state index is 0.269. The zero-order valence-electron chi connectivity index (χ0n) is 24.0. The van der Waals surface area contributed by atoms with E-state index >= 15 is 0 Å². The average Bonchev–Trinajstić information content (AvgIpc) is 3.59. The van der Waals surface area contributed by atoms with E-state index in [9.17, 15) is 18.1 Å². The Labute approximate surface area is 265 Å². The van der Waals surface area contributed by atoms with E-state index < -0.39 is 15.8 Å². The van der Waals surface area contributed by atoms with Crippen molar-refractivity contribution in [2.75, 3.05) is 14.1 Å². The van der Waals surface area contributed by atoms with Crippen LogP contribution in [0.2, 0.25) is 5.02 Å². The lowest BCUT2D eigenvalue weighted by molar-refractivity contribution is 0.402. The Hall–Kier alpha value is -4.26. The second kappa shape index (κ2) is 12.0. The third kappa shape index (κ3) is 5.68. The van der Waals surface area contributed by atoms with Crippen LogP contribution in [0, 0.1) is 17.1 Å². The van der Waals surface area contributed by atoms with Crippen LogP contribution < -0.4 is 0 Å². The highest BCUT2D eigenvalue weighted by Crippen LogP contribution is 2.45. The average molecular weight is 640 g/mol. The molecule has 2 heterocycles. The molecule has 9 heteroatoms. The van der Waals surface area contributed by atoms with E-state index in [2.05, 4.69) is 11.0 Å². The predicted molar refractivity (Wildman–Crippen MR) is 178 cm³/mol. The molecule has 5 nitrogen and oxygen atoms in total. The second-order valence-corrected chi connectivity index (χ2v) is 13.9. The summed E-state index contributed by atoms with van der Waals surface area (Å²) < 4.78 is 44.8. The van der Waals surface area contributed by atoms with Gasteiger partial charge in [-0.25, -0.2) is 16.8 Å². The van der Waals surface area contributed by atoms with Crippen molar-refractivity contribution < 1.29 is 12.8 Å². The molecule has 0 fully saturated rings. The normalized spacial score (nSPS) is 11.7. The van der Waals surface area contributed by atoms with Crippen molar-refractivity contribution in [2.45, 2.75) is 12.3 Å². The van der Waals surface area contributed by atoms with Crippen LogP contribution in [0.25, 0.3) is 44.4 Å². The predicted octanol–water partition coefficient (Wildman–Crippen LogP) is 8.81. The van der Waals surface area contributed by atoms with Gasteiger partial charge >= 0.3 is 0 Å². The number of thiophene rings is 1. The quantitative estimate of drug-likeness (QED) is 0.167. The molecule has 0 spiro atoms. The Morgan fingerprint density at radius 1 is 0.886 bits per heavy atom. The van der Waals surface area contributed by atoms with Crippen molar-refractivity contribution in [3.8, 4) is 39.6 Å². The Morgan fingerprint density at radius 3 is 2.39 bits per heavy atom. The van der Waals surface area contributed by atoms with E-state index in [1.807, 2.05) is 62.6 Å². The lowest BCUT2D eigenvalue weighted by Gasteiger charge is -2.15. The summed E-state index contributed by atoms with van der Waals surface area (Å²) in [5.41, 5.74) is 5.60. The third-order valence-electron chi connectivity index (χ3n) is 7.37. The van der Waals surface area contributed by atoms with E-state index in [0.29, 0.717) is 48.8 Å². The van der Waals surface area contributed by atoms with Gasteiger partial charge in [0.25, 0.3) is 0 Å². The smallest absolute Gasteiger partial charge is 0.243 e. The van der Waals surface area contributed by atoms with E-state index in [-0.39, 0.29) is 5.75 Å². The van der Waals surface area contributed by atoms with Crippen LogP contribution in [-0.2, 0) is 22.3 Å². The largest absolute Gasteiger partial charge is 0.305 e. The highest BCUT2D eigenvalue weighted by molar-refractivity contribution is 7.89. The van der Waals surface area contributed by atoms with Gasteiger partial charge in [-0.2, -0.15) is 5.26 Å². The molecule has 2 aromatic heterocycles. The molecule has 0 bridgehead atoms. The van der Waals surface area contributed by atoms with E-state index in [1.54, 1.807) is 35.7 Å². The van der Waals surface area contributed by atoms with Gasteiger partial charge in [0.15, 0.2) is 0 Å². The van der Waals surface area contributed by atoms with Crippen molar-refractivity contribution >= 4 is 43.9 Å². The van der Waals surface area contributed by atoms with Crippen molar-refractivity contribution in [2.24, 2.45) is 0 Å². The number of rotatable bonds is 8. The molecule has 220 valence electrons. The molecule has 0 saturated heterocycles. The number of aromatic nitrogens is 1. The standard InChI is InChI=1S/C35H27ClFN3O2S2/c1-39(2)21-24-11-13-28(31(36)17-24)25-9-6-10-26(18-25)35-34(29-15-16-43-33(29)20-38)30-19-27(37)12-14-32(30)40(35)44(41,42)22-23-7-4-3-5-8-23/h3-19H,21-22H2,1-2H3. The van der Waals surface area contributed by atoms with Gasteiger partial charge in [-0.1, -0.05) is 72.3 Å². The summed E-state index contributed by atoms with van der Waals surface area (Å²) >= 11 is 8.03. The maximum Gasteiger partial charge on any atom is 0.243 e. The van der Waals surface area contributed by atoms with Gasteiger partial charge in [0.1, 0.15) is 16.8 Å². The van der Waals surface area contributed by atoms with Gasteiger partial charge in [-0.05, 0) is 72.6 Å². The minimum Gasteiger partial charge on any atom is -0.305 e. The van der Waals surface area contributed by atoms with E-state index in [4.69, 9.17) is 11.6 Å². The molecular formula is C35H27ClFN3O2S2. The Balaban J connectivity index is 1.64. The molecule has 4 aromatic carbocycles. The molecule has 0 aliphatic rings. The SMILES string of the molecule is CN(C)Cc1ccc(-c2cccc(-c3c(-c4ccsc4C#N)c4cc(F)ccc4n3S(=O)(=O)Cc3ccccc3)c2)c(Cl)c1. The first kappa shape index (κ1) is 29.8. The summed E-state index contributed by atoms with van der Waals surface area (Å²) in [6.45, 7) is 0.737. The first-order valence-electron chi connectivity index (χ1n) is 13.8. The molecular weight excluding hydrogens is 613 g/mol. The summed E-state index contributed by atoms with van der Waals surface area (Å²) in [4.78, 5) is 2.47. The summed E-state index contributed by atoms with van der Waals surface area (Å²) in [5, 5.41) is 12.7. The van der Waals surface area contributed by atoms with Crippen molar-refractivity contribution in [3.05, 3.63) is 129 Å². The zero-order chi connectivity index (χ0) is 31.0. The van der Waals surface area contributed by atoms with Gasteiger partial charge < -0.3 is 4.90 Å². The second-order valence-electron chi connectivity index (χ2n) is 10.8. The van der Waals surface area contributed by atoms with Crippen LogP contribution in [0.5, 0.6) is 0 Å². The molecule has 44 heavy (non-hydrogen) atoms. The van der Waals surface area contributed by atoms with Gasteiger partial charge in [-0.15, -0.1) is 11.3 Å². The van der Waals surface area contributed by atoms with Gasteiger partial charge in [-0.3, -0.25) is 0 Å². The summed E-state index contributed by atoms with van der Waals surface area (Å²) in [5.74, 6) is -0.773. The zero-order valence-corrected chi connectivity index (χ0v) is 26.3. The molecule has 0 aliphatic heterocycles. The number of benzene rings is 4. The summed E-state index contributed by atoms with van der Waals surface area (Å²) in [7, 11) is -0.0583. The number of nitrogens with zero attached hydrogens (tertiary/aromatic N) is 3. The number of nitriles is 1. The molecule has 6 rings (SSSR count). The van der Waals surface area contributed by atoms with Crippen LogP contribution >= 0.6 is 22.9 Å². The van der Waals surface area contributed by atoms with Gasteiger partial charge in [0, 0.05) is 39.2 Å². The number of hydrogen-bond acceptors (Lipinski definition) is 5. The fourth-order valence-electron chi connectivity index (χ4n) is 5.59. The lowest BCUT2D eigenvalue weighted by Crippen LogP contribution is -2.16. The fourth-order valence-corrected chi connectivity index (χ4v) is 8.27. The lowest BCUT2D eigenvalue weighted by atomic mass is 9.96. The van der Waals surface area contributed by atoms with E-state index in [0.717, 1.165) is 23.2 Å². The molecule has 0 aliphatic carbocycles. The minimum atomic E-state index is -4.04. The van der Waals surface area contributed by atoms with Crippen molar-refractivity contribution in [3.63, 3.8) is 0 Å². The van der Waals surface area contributed by atoms with Crippen LogP contribution in [0.4, 0.5) is 4.39 Å². The van der Waals surface area contributed by atoms with Crippen LogP contribution in [0.15, 0.2) is 102 Å². The highest BCUT2D eigenvalue weighted by Gasteiger charge is 2.29. The molecule has 0 N–H and O–H groups in total. The summed E-state index contributed by atoms with van der Waals surface area (Å²) in [6, 6.07) is 30.5. The molecule has 0 atom stereocenters. The molecule has 0 unspecified atom stereocenters. The van der Waals surface area contributed by atoms with E-state index in [1.165, 1.54) is 33.5 Å². The van der Waals surface area contributed by atoms with Crippen molar-refractivity contribution in [1.29, 1.82) is 5.26 Å². The Kier molecular flexibility index (Phi) is 8.14. The molecule has 0 radical (unpaired) electrons. The maximum absolute atomic E-state index is 14.8. The fraction of sp³-hybridized carbons (Fsp3) is 0.114. The Bertz CT molecular complexity index is 2160. The first-order valence-corrected chi connectivity index (χ1v) is 16.7.